The van der Waals surface area contributed by atoms with Crippen LogP contribution in [-0.2, 0) is 11.4 Å². The molecular weight excluding hydrogens is 266 g/mol. The normalized spacial score (nSPS) is 16.7. The van der Waals surface area contributed by atoms with Gasteiger partial charge < -0.3 is 15.3 Å². The minimum atomic E-state index is 0.0819. The fourth-order valence-electron chi connectivity index (χ4n) is 2.51. The van der Waals surface area contributed by atoms with Gasteiger partial charge in [0.15, 0.2) is 0 Å². The van der Waals surface area contributed by atoms with Gasteiger partial charge in [-0.05, 0) is 30.5 Å². The van der Waals surface area contributed by atoms with Gasteiger partial charge in [-0.1, -0.05) is 12.1 Å². The number of amides is 1. The highest BCUT2D eigenvalue weighted by Gasteiger charge is 2.21. The number of nitrogens with one attached hydrogen (secondary N) is 1. The van der Waals surface area contributed by atoms with E-state index >= 15 is 0 Å². The molecule has 0 unspecified atom stereocenters. The molecule has 1 fully saturated rings. The lowest BCUT2D eigenvalue weighted by atomic mass is 10.0. The first-order valence-corrected chi connectivity index (χ1v) is 7.47. The van der Waals surface area contributed by atoms with Gasteiger partial charge in [0.25, 0.3) is 0 Å². The highest BCUT2D eigenvalue weighted by Crippen LogP contribution is 2.17. The van der Waals surface area contributed by atoms with Crippen molar-refractivity contribution in [1.29, 1.82) is 0 Å². The molecule has 5 heteroatoms. The fourth-order valence-corrected chi connectivity index (χ4v) is 2.51. The predicted octanol–water partition coefficient (Wildman–Crippen LogP) is 1.14. The number of anilines is 1. The summed E-state index contributed by atoms with van der Waals surface area (Å²) in [7, 11) is 3.60. The van der Waals surface area contributed by atoms with Crippen LogP contribution in [0.4, 0.5) is 5.69 Å². The lowest BCUT2D eigenvalue weighted by Gasteiger charge is -2.33. The molecule has 2 N–H and O–H groups in total. The summed E-state index contributed by atoms with van der Waals surface area (Å²) in [6.45, 7) is 2.50. The molecule has 0 atom stereocenters. The van der Waals surface area contributed by atoms with E-state index in [1.807, 2.05) is 24.3 Å². The number of hydrogen-bond donors (Lipinski definition) is 2. The summed E-state index contributed by atoms with van der Waals surface area (Å²) in [4.78, 5) is 15.6. The lowest BCUT2D eigenvalue weighted by Crippen LogP contribution is -2.43. The summed E-state index contributed by atoms with van der Waals surface area (Å²) in [5.41, 5.74) is 2.02. The van der Waals surface area contributed by atoms with Crippen molar-refractivity contribution in [2.24, 2.45) is 0 Å². The van der Waals surface area contributed by atoms with Crippen LogP contribution < -0.4 is 5.32 Å². The first-order valence-electron chi connectivity index (χ1n) is 7.47. The predicted molar refractivity (Wildman–Crippen MR) is 84.1 cm³/mol. The van der Waals surface area contributed by atoms with Gasteiger partial charge in [-0.3, -0.25) is 9.69 Å². The first-order chi connectivity index (χ1) is 10.1. The Hall–Kier alpha value is -1.59. The van der Waals surface area contributed by atoms with Crippen molar-refractivity contribution in [3.63, 3.8) is 0 Å². The Kier molecular flexibility index (Phi) is 5.59. The number of carbonyl (C=O) groups excluding carboxylic acids is 1. The maximum Gasteiger partial charge on any atom is 0.236 e. The monoisotopic (exact) mass is 291 g/mol. The molecule has 1 aromatic rings. The molecule has 1 saturated heterocycles. The van der Waals surface area contributed by atoms with Gasteiger partial charge in [-0.2, -0.15) is 0 Å². The molecule has 1 aliphatic rings. The van der Waals surface area contributed by atoms with E-state index in [2.05, 4.69) is 10.2 Å². The Balaban J connectivity index is 1.77. The van der Waals surface area contributed by atoms with Crippen LogP contribution in [0.5, 0.6) is 0 Å². The number of nitrogens with zero attached hydrogens (tertiary/aromatic N) is 2. The van der Waals surface area contributed by atoms with E-state index in [0.717, 1.165) is 37.2 Å². The molecule has 21 heavy (non-hydrogen) atoms. The van der Waals surface area contributed by atoms with E-state index in [1.54, 1.807) is 19.0 Å². The van der Waals surface area contributed by atoms with Crippen molar-refractivity contribution in [1.82, 2.24) is 9.80 Å². The molecule has 1 aliphatic heterocycles. The minimum absolute atomic E-state index is 0.0819. The molecule has 0 saturated carbocycles. The van der Waals surface area contributed by atoms with Gasteiger partial charge in [0.1, 0.15) is 0 Å². The van der Waals surface area contributed by atoms with Gasteiger partial charge in [0, 0.05) is 38.9 Å². The molecule has 0 spiro atoms. The van der Waals surface area contributed by atoms with Gasteiger partial charge in [0.2, 0.25) is 5.91 Å². The second-order valence-corrected chi connectivity index (χ2v) is 5.84. The van der Waals surface area contributed by atoms with E-state index < -0.39 is 0 Å². The van der Waals surface area contributed by atoms with Crippen molar-refractivity contribution in [2.75, 3.05) is 39.0 Å². The minimum Gasteiger partial charge on any atom is -0.392 e. The van der Waals surface area contributed by atoms with E-state index in [1.165, 1.54) is 0 Å². The Morgan fingerprint density at radius 1 is 1.29 bits per heavy atom. The van der Waals surface area contributed by atoms with Crippen LogP contribution in [-0.4, -0.2) is 60.6 Å². The maximum atomic E-state index is 11.7. The Labute approximate surface area is 126 Å². The zero-order chi connectivity index (χ0) is 15.2. The Morgan fingerprint density at radius 3 is 2.43 bits per heavy atom. The molecule has 5 nitrogen and oxygen atoms in total. The molecule has 0 aromatic heterocycles. The molecule has 1 aromatic carbocycles. The summed E-state index contributed by atoms with van der Waals surface area (Å²) in [5.74, 6) is 0.168. The molecule has 1 heterocycles. The third-order valence-electron chi connectivity index (χ3n) is 3.95. The maximum absolute atomic E-state index is 11.7. The second kappa shape index (κ2) is 7.43. The smallest absolute Gasteiger partial charge is 0.236 e. The Bertz CT molecular complexity index is 451. The summed E-state index contributed by atoms with van der Waals surface area (Å²) < 4.78 is 0. The highest BCUT2D eigenvalue weighted by atomic mass is 16.3. The average molecular weight is 291 g/mol. The van der Waals surface area contributed by atoms with Crippen molar-refractivity contribution in [3.8, 4) is 0 Å². The number of likely N-dealkylation sites (N-methyl/N-ethyl adjacent to an activating group) is 1. The fraction of sp³-hybridized carbons (Fsp3) is 0.562. The highest BCUT2D eigenvalue weighted by molar-refractivity contribution is 5.77. The SMILES string of the molecule is CN(C)C(=O)CN1CCC(Nc2ccc(CO)cc2)CC1. The van der Waals surface area contributed by atoms with Gasteiger partial charge in [-0.15, -0.1) is 0 Å². The van der Waals surface area contributed by atoms with Crippen molar-refractivity contribution >= 4 is 11.6 Å². The van der Waals surface area contributed by atoms with Crippen LogP contribution in [0, 0.1) is 0 Å². The van der Waals surface area contributed by atoms with Crippen molar-refractivity contribution in [2.45, 2.75) is 25.5 Å². The number of benzene rings is 1. The second-order valence-electron chi connectivity index (χ2n) is 5.84. The number of aliphatic hydroxyl groups is 1. The van der Waals surface area contributed by atoms with Crippen LogP contribution >= 0.6 is 0 Å². The van der Waals surface area contributed by atoms with Crippen LogP contribution in [0.2, 0.25) is 0 Å². The number of aliphatic hydroxyl groups excluding tert-OH is 1. The van der Waals surface area contributed by atoms with Gasteiger partial charge >= 0.3 is 0 Å². The molecule has 0 radical (unpaired) electrons. The summed E-state index contributed by atoms with van der Waals surface area (Å²) in [5, 5.41) is 12.6. The average Bonchev–Trinajstić information content (AvgIpc) is 2.50. The van der Waals surface area contributed by atoms with Crippen LogP contribution in [0.15, 0.2) is 24.3 Å². The van der Waals surface area contributed by atoms with Gasteiger partial charge in [-0.25, -0.2) is 0 Å². The summed E-state index contributed by atoms with van der Waals surface area (Å²) >= 11 is 0. The third kappa shape index (κ3) is 4.72. The number of likely N-dealkylation sites (tertiary alicyclic amines) is 1. The summed E-state index contributed by atoms with van der Waals surface area (Å²) in [6.07, 6.45) is 2.09. The van der Waals surface area contributed by atoms with Gasteiger partial charge in [0.05, 0.1) is 13.2 Å². The largest absolute Gasteiger partial charge is 0.392 e. The van der Waals surface area contributed by atoms with E-state index in [9.17, 15) is 4.79 Å². The van der Waals surface area contributed by atoms with Crippen LogP contribution in [0.25, 0.3) is 0 Å². The number of piperidine rings is 1. The number of carbonyl (C=O) groups is 1. The molecule has 1 amide bonds. The van der Waals surface area contributed by atoms with Crippen molar-refractivity contribution < 1.29 is 9.90 Å². The number of rotatable bonds is 5. The third-order valence-corrected chi connectivity index (χ3v) is 3.95. The first kappa shape index (κ1) is 15.8. The quantitative estimate of drug-likeness (QED) is 0.854. The van der Waals surface area contributed by atoms with Crippen molar-refractivity contribution in [3.05, 3.63) is 29.8 Å². The van der Waals surface area contributed by atoms with E-state index in [-0.39, 0.29) is 12.5 Å². The van der Waals surface area contributed by atoms with Crippen LogP contribution in [0.3, 0.4) is 0 Å². The topological polar surface area (TPSA) is 55.8 Å². The van der Waals surface area contributed by atoms with E-state index in [4.69, 9.17) is 5.11 Å². The van der Waals surface area contributed by atoms with Crippen LogP contribution in [0.1, 0.15) is 18.4 Å². The zero-order valence-electron chi connectivity index (χ0n) is 12.9. The summed E-state index contributed by atoms with van der Waals surface area (Å²) in [6, 6.07) is 8.34. The molecule has 2 rings (SSSR count). The molecule has 0 bridgehead atoms. The molecule has 116 valence electrons. The zero-order valence-corrected chi connectivity index (χ0v) is 12.9. The molecule has 0 aliphatic carbocycles. The standard InChI is InChI=1S/C16H25N3O2/c1-18(2)16(21)11-19-9-7-15(8-10-19)17-14-5-3-13(12-20)4-6-14/h3-6,15,17,20H,7-12H2,1-2H3. The lowest BCUT2D eigenvalue weighted by molar-refractivity contribution is -0.130. The number of hydrogen-bond acceptors (Lipinski definition) is 4. The molecular formula is C16H25N3O2. The van der Waals surface area contributed by atoms with E-state index in [0.29, 0.717) is 12.6 Å². The Morgan fingerprint density at radius 2 is 1.90 bits per heavy atom.